The normalized spacial score (nSPS) is 10.8. The monoisotopic (exact) mass is 315 g/mol. The summed E-state index contributed by atoms with van der Waals surface area (Å²) < 4.78 is 0. The maximum Gasteiger partial charge on any atom is 0.291 e. The fraction of sp³-hybridized carbons (Fsp3) is 0. The molecule has 3 aromatic carbocycles. The van der Waals surface area contributed by atoms with Crippen LogP contribution in [0, 0.1) is 0 Å². The molecule has 24 heavy (non-hydrogen) atoms. The van der Waals surface area contributed by atoms with E-state index in [-0.39, 0.29) is 11.4 Å². The molecule has 4 rings (SSSR count). The van der Waals surface area contributed by atoms with Crippen LogP contribution in [-0.2, 0) is 0 Å². The van der Waals surface area contributed by atoms with E-state index in [1.54, 1.807) is 24.3 Å². The molecular formula is C19H13N3O2. The van der Waals surface area contributed by atoms with E-state index >= 15 is 0 Å². The smallest absolute Gasteiger partial charge is 0.291 e. The fourth-order valence-corrected chi connectivity index (χ4v) is 2.71. The molecule has 1 amide bonds. The number of hydrogen-bond donors (Lipinski definition) is 2. The standard InChI is InChI=1S/C19H13N3O2/c23-18-14-9-3-4-10-16(14)20-17(22-18)19(24)21-15-11-5-7-12-6-1-2-8-13(12)15/h1-11H,(H,21,24)(H,20,22,23). The Labute approximate surface area is 137 Å². The van der Waals surface area contributed by atoms with Gasteiger partial charge in [0, 0.05) is 11.1 Å². The third kappa shape index (κ3) is 2.42. The Kier molecular flexibility index (Phi) is 3.31. The molecule has 0 atom stereocenters. The average molecular weight is 315 g/mol. The second-order valence-corrected chi connectivity index (χ2v) is 5.41. The Balaban J connectivity index is 1.75. The Morgan fingerprint density at radius 1 is 0.875 bits per heavy atom. The van der Waals surface area contributed by atoms with Crippen LogP contribution in [0.15, 0.2) is 71.5 Å². The fourth-order valence-electron chi connectivity index (χ4n) is 2.71. The molecule has 0 fully saturated rings. The molecule has 0 aliphatic carbocycles. The number of benzene rings is 3. The number of carbonyl (C=O) groups is 1. The third-order valence-corrected chi connectivity index (χ3v) is 3.87. The van der Waals surface area contributed by atoms with Gasteiger partial charge in [-0.2, -0.15) is 0 Å². The molecule has 0 radical (unpaired) electrons. The highest BCUT2D eigenvalue weighted by Crippen LogP contribution is 2.23. The first-order valence-corrected chi connectivity index (χ1v) is 7.50. The van der Waals surface area contributed by atoms with Crippen LogP contribution < -0.4 is 10.9 Å². The second-order valence-electron chi connectivity index (χ2n) is 5.41. The van der Waals surface area contributed by atoms with Crippen LogP contribution in [0.4, 0.5) is 5.69 Å². The van der Waals surface area contributed by atoms with Crippen LogP contribution in [-0.4, -0.2) is 15.9 Å². The molecule has 0 bridgehead atoms. The van der Waals surface area contributed by atoms with Crippen molar-refractivity contribution in [3.05, 3.63) is 82.9 Å². The van der Waals surface area contributed by atoms with Crippen molar-refractivity contribution in [3.63, 3.8) is 0 Å². The van der Waals surface area contributed by atoms with E-state index in [1.165, 1.54) is 0 Å². The lowest BCUT2D eigenvalue weighted by Gasteiger charge is -2.08. The number of amides is 1. The molecule has 0 aliphatic rings. The van der Waals surface area contributed by atoms with Gasteiger partial charge >= 0.3 is 0 Å². The van der Waals surface area contributed by atoms with Crippen molar-refractivity contribution in [3.8, 4) is 0 Å². The molecule has 5 nitrogen and oxygen atoms in total. The summed E-state index contributed by atoms with van der Waals surface area (Å²) in [6, 6.07) is 20.3. The van der Waals surface area contributed by atoms with Crippen molar-refractivity contribution >= 4 is 33.3 Å². The Morgan fingerprint density at radius 2 is 1.58 bits per heavy atom. The highest BCUT2D eigenvalue weighted by atomic mass is 16.2. The number of fused-ring (bicyclic) bond motifs is 2. The summed E-state index contributed by atoms with van der Waals surface area (Å²) in [6.45, 7) is 0. The number of rotatable bonds is 2. The zero-order valence-electron chi connectivity index (χ0n) is 12.6. The number of para-hydroxylation sites is 1. The van der Waals surface area contributed by atoms with Gasteiger partial charge in [-0.25, -0.2) is 4.98 Å². The quantitative estimate of drug-likeness (QED) is 0.596. The maximum absolute atomic E-state index is 12.5. The number of hydrogen-bond acceptors (Lipinski definition) is 3. The van der Waals surface area contributed by atoms with Crippen molar-refractivity contribution in [1.82, 2.24) is 9.97 Å². The van der Waals surface area contributed by atoms with E-state index in [0.29, 0.717) is 16.6 Å². The molecule has 0 saturated heterocycles. The summed E-state index contributed by atoms with van der Waals surface area (Å²) in [5.41, 5.74) is 0.835. The van der Waals surface area contributed by atoms with Crippen LogP contribution in [0.5, 0.6) is 0 Å². The Morgan fingerprint density at radius 3 is 2.46 bits per heavy atom. The van der Waals surface area contributed by atoms with Gasteiger partial charge < -0.3 is 10.3 Å². The number of aromatic amines is 1. The number of nitrogens with zero attached hydrogens (tertiary/aromatic N) is 1. The van der Waals surface area contributed by atoms with Gasteiger partial charge in [0.1, 0.15) is 0 Å². The van der Waals surface area contributed by atoms with Crippen LogP contribution in [0.3, 0.4) is 0 Å². The molecular weight excluding hydrogens is 302 g/mol. The topological polar surface area (TPSA) is 74.8 Å². The van der Waals surface area contributed by atoms with Crippen molar-refractivity contribution in [2.75, 3.05) is 5.32 Å². The van der Waals surface area contributed by atoms with Crippen LogP contribution in [0.25, 0.3) is 21.7 Å². The summed E-state index contributed by atoms with van der Waals surface area (Å²) >= 11 is 0. The lowest BCUT2D eigenvalue weighted by Crippen LogP contribution is -2.21. The predicted octanol–water partition coefficient (Wildman–Crippen LogP) is 3.33. The van der Waals surface area contributed by atoms with Gasteiger partial charge in [0.05, 0.1) is 10.9 Å². The molecule has 2 N–H and O–H groups in total. The number of aromatic nitrogens is 2. The van der Waals surface area contributed by atoms with Crippen molar-refractivity contribution in [1.29, 1.82) is 0 Å². The molecule has 1 heterocycles. The van der Waals surface area contributed by atoms with Gasteiger partial charge in [-0.1, -0.05) is 48.5 Å². The molecule has 0 saturated carbocycles. The van der Waals surface area contributed by atoms with Crippen molar-refractivity contribution < 1.29 is 4.79 Å². The number of carbonyl (C=O) groups excluding carboxylic acids is 1. The lowest BCUT2D eigenvalue weighted by molar-refractivity contribution is 0.101. The van der Waals surface area contributed by atoms with Gasteiger partial charge in [-0.05, 0) is 23.6 Å². The summed E-state index contributed by atoms with van der Waals surface area (Å²) in [4.78, 5) is 31.4. The molecule has 116 valence electrons. The van der Waals surface area contributed by atoms with Gasteiger partial charge in [-0.3, -0.25) is 9.59 Å². The van der Waals surface area contributed by atoms with E-state index in [9.17, 15) is 9.59 Å². The van der Waals surface area contributed by atoms with Gasteiger partial charge in [0.15, 0.2) is 5.82 Å². The molecule has 0 spiro atoms. The molecule has 4 aromatic rings. The minimum atomic E-state index is -0.450. The van der Waals surface area contributed by atoms with E-state index in [1.807, 2.05) is 42.5 Å². The molecule has 1 aromatic heterocycles. The third-order valence-electron chi connectivity index (χ3n) is 3.87. The maximum atomic E-state index is 12.5. The molecule has 0 aliphatic heterocycles. The molecule has 0 unspecified atom stereocenters. The summed E-state index contributed by atoms with van der Waals surface area (Å²) in [5.74, 6) is -0.458. The summed E-state index contributed by atoms with van der Waals surface area (Å²) in [6.07, 6.45) is 0. The SMILES string of the molecule is O=C(Nc1cccc2ccccc12)c1nc2ccccc2c(=O)[nH]1. The Hall–Kier alpha value is -3.47. The predicted molar refractivity (Wildman–Crippen MR) is 94.3 cm³/mol. The van der Waals surface area contributed by atoms with Gasteiger partial charge in [0.2, 0.25) is 0 Å². The highest BCUT2D eigenvalue weighted by Gasteiger charge is 2.12. The van der Waals surface area contributed by atoms with Crippen LogP contribution >= 0.6 is 0 Å². The highest BCUT2D eigenvalue weighted by molar-refractivity contribution is 6.07. The van der Waals surface area contributed by atoms with E-state index < -0.39 is 5.91 Å². The Bertz CT molecular complexity index is 1130. The summed E-state index contributed by atoms with van der Waals surface area (Å²) in [7, 11) is 0. The van der Waals surface area contributed by atoms with E-state index in [2.05, 4.69) is 15.3 Å². The average Bonchev–Trinajstić information content (AvgIpc) is 2.62. The van der Waals surface area contributed by atoms with Gasteiger partial charge in [0.25, 0.3) is 11.5 Å². The number of nitrogens with one attached hydrogen (secondary N) is 2. The number of anilines is 1. The first-order chi connectivity index (χ1) is 11.7. The zero-order chi connectivity index (χ0) is 16.5. The minimum absolute atomic E-state index is 0.00775. The number of H-pyrrole nitrogens is 1. The van der Waals surface area contributed by atoms with E-state index in [4.69, 9.17) is 0 Å². The first-order valence-electron chi connectivity index (χ1n) is 7.50. The van der Waals surface area contributed by atoms with Crippen molar-refractivity contribution in [2.45, 2.75) is 0 Å². The van der Waals surface area contributed by atoms with Crippen LogP contribution in [0.1, 0.15) is 10.6 Å². The largest absolute Gasteiger partial charge is 0.319 e. The van der Waals surface area contributed by atoms with E-state index in [0.717, 1.165) is 10.8 Å². The summed E-state index contributed by atoms with van der Waals surface area (Å²) in [5, 5.41) is 5.23. The minimum Gasteiger partial charge on any atom is -0.319 e. The lowest BCUT2D eigenvalue weighted by atomic mass is 10.1. The van der Waals surface area contributed by atoms with Gasteiger partial charge in [-0.15, -0.1) is 0 Å². The van der Waals surface area contributed by atoms with Crippen molar-refractivity contribution in [2.24, 2.45) is 0 Å². The first kappa shape index (κ1) is 14.1. The van der Waals surface area contributed by atoms with Crippen LogP contribution in [0.2, 0.25) is 0 Å². The molecule has 5 heteroatoms. The zero-order valence-corrected chi connectivity index (χ0v) is 12.6. The second kappa shape index (κ2) is 5.62.